The minimum Gasteiger partial charge on any atom is -0.497 e. The van der Waals surface area contributed by atoms with Crippen LogP contribution in [0.1, 0.15) is 5.56 Å². The number of pyridine rings is 1. The number of rotatable bonds is 7. The molecule has 6 heteroatoms. The Morgan fingerprint density at radius 3 is 2.29 bits per heavy atom. The molecule has 0 aliphatic rings. The fourth-order valence-corrected chi connectivity index (χ4v) is 3.84. The number of ether oxygens (including phenoxy) is 2. The molecule has 0 aliphatic heterocycles. The Kier molecular flexibility index (Phi) is 6.03. The van der Waals surface area contributed by atoms with Crippen LogP contribution < -0.4 is 14.8 Å². The van der Waals surface area contributed by atoms with Crippen LogP contribution in [-0.4, -0.2) is 29.2 Å². The normalized spacial score (nSPS) is 10.8. The van der Waals surface area contributed by atoms with Crippen LogP contribution in [0.5, 0.6) is 11.5 Å². The minimum absolute atomic E-state index is 0.596. The maximum Gasteiger partial charge on any atom is 0.163 e. The summed E-state index contributed by atoms with van der Waals surface area (Å²) in [6, 6.07) is 26.1. The van der Waals surface area contributed by atoms with Gasteiger partial charge in [0, 0.05) is 29.9 Å². The van der Waals surface area contributed by atoms with Gasteiger partial charge in [-0.25, -0.2) is 9.97 Å². The molecule has 0 atom stereocenters. The molecular weight excluding hydrogens is 424 g/mol. The average molecular weight is 449 g/mol. The van der Waals surface area contributed by atoms with E-state index in [2.05, 4.69) is 34.6 Å². The first-order valence-corrected chi connectivity index (χ1v) is 11.0. The Hall–Kier alpha value is -4.45. The molecule has 5 aromatic rings. The standard InChI is InChI=1S/C28H24N4O2/c1-33-23-9-3-6-19(14-23)17-30-28-25-16-21(20-7-4-10-24(15-20)34-2)11-12-26(25)31-27(32-28)22-8-5-13-29-18-22/h3-16,18H,17H2,1-2H3,(H,30,31,32). The van der Waals surface area contributed by atoms with Gasteiger partial charge in [0.2, 0.25) is 0 Å². The zero-order valence-corrected chi connectivity index (χ0v) is 19.0. The van der Waals surface area contributed by atoms with E-state index < -0.39 is 0 Å². The lowest BCUT2D eigenvalue weighted by molar-refractivity contribution is 0.414. The van der Waals surface area contributed by atoms with Crippen molar-refractivity contribution < 1.29 is 9.47 Å². The van der Waals surface area contributed by atoms with Crippen LogP contribution in [0.3, 0.4) is 0 Å². The van der Waals surface area contributed by atoms with Crippen molar-refractivity contribution in [3.63, 3.8) is 0 Å². The molecule has 2 heterocycles. The van der Waals surface area contributed by atoms with Crippen LogP contribution in [0.4, 0.5) is 5.82 Å². The lowest BCUT2D eigenvalue weighted by Crippen LogP contribution is -2.04. The van der Waals surface area contributed by atoms with Gasteiger partial charge in [0.1, 0.15) is 17.3 Å². The second-order valence-electron chi connectivity index (χ2n) is 7.81. The summed E-state index contributed by atoms with van der Waals surface area (Å²) in [7, 11) is 3.35. The summed E-state index contributed by atoms with van der Waals surface area (Å²) in [6.45, 7) is 0.596. The third-order valence-electron chi connectivity index (χ3n) is 5.61. The molecule has 0 aliphatic carbocycles. The second-order valence-corrected chi connectivity index (χ2v) is 7.81. The monoisotopic (exact) mass is 448 g/mol. The Morgan fingerprint density at radius 2 is 1.50 bits per heavy atom. The van der Waals surface area contributed by atoms with Gasteiger partial charge in [-0.2, -0.15) is 0 Å². The molecule has 0 fully saturated rings. The third kappa shape index (κ3) is 4.52. The van der Waals surface area contributed by atoms with Gasteiger partial charge in [-0.1, -0.05) is 30.3 Å². The van der Waals surface area contributed by atoms with E-state index in [1.807, 2.05) is 54.6 Å². The molecular formula is C28H24N4O2. The maximum absolute atomic E-state index is 5.41. The first kappa shape index (κ1) is 21.4. The number of nitrogens with one attached hydrogen (secondary N) is 1. The molecule has 0 saturated carbocycles. The van der Waals surface area contributed by atoms with Crippen molar-refractivity contribution in [1.82, 2.24) is 15.0 Å². The molecule has 34 heavy (non-hydrogen) atoms. The molecule has 168 valence electrons. The molecule has 5 rings (SSSR count). The number of hydrogen-bond acceptors (Lipinski definition) is 6. The SMILES string of the molecule is COc1cccc(CNc2nc(-c3cccnc3)nc3ccc(-c4cccc(OC)c4)cc23)c1. The van der Waals surface area contributed by atoms with Crippen molar-refractivity contribution in [2.45, 2.75) is 6.54 Å². The van der Waals surface area contributed by atoms with Crippen molar-refractivity contribution in [2.24, 2.45) is 0 Å². The molecule has 0 bridgehead atoms. The minimum atomic E-state index is 0.596. The highest BCUT2D eigenvalue weighted by Crippen LogP contribution is 2.31. The van der Waals surface area contributed by atoms with Gasteiger partial charge in [-0.15, -0.1) is 0 Å². The largest absolute Gasteiger partial charge is 0.497 e. The fraction of sp³-hybridized carbons (Fsp3) is 0.107. The van der Waals surface area contributed by atoms with Crippen molar-refractivity contribution in [3.05, 3.63) is 96.8 Å². The van der Waals surface area contributed by atoms with Gasteiger partial charge >= 0.3 is 0 Å². The summed E-state index contributed by atoms with van der Waals surface area (Å²) in [6.07, 6.45) is 3.52. The first-order chi connectivity index (χ1) is 16.7. The van der Waals surface area contributed by atoms with Gasteiger partial charge < -0.3 is 14.8 Å². The highest BCUT2D eigenvalue weighted by molar-refractivity contribution is 5.94. The van der Waals surface area contributed by atoms with Gasteiger partial charge in [-0.3, -0.25) is 4.98 Å². The van der Waals surface area contributed by atoms with Crippen LogP contribution in [0.2, 0.25) is 0 Å². The summed E-state index contributed by atoms with van der Waals surface area (Å²) in [5.74, 6) is 3.03. The van der Waals surface area contributed by atoms with E-state index in [0.29, 0.717) is 12.4 Å². The predicted molar refractivity (Wildman–Crippen MR) is 135 cm³/mol. The molecule has 2 aromatic heterocycles. The second kappa shape index (κ2) is 9.58. The summed E-state index contributed by atoms with van der Waals surface area (Å²) in [4.78, 5) is 13.9. The van der Waals surface area contributed by atoms with Gasteiger partial charge in [0.25, 0.3) is 0 Å². The van der Waals surface area contributed by atoms with Crippen LogP contribution in [0, 0.1) is 0 Å². The number of hydrogen-bond donors (Lipinski definition) is 1. The summed E-state index contributed by atoms with van der Waals surface area (Å²) >= 11 is 0. The first-order valence-electron chi connectivity index (χ1n) is 11.0. The number of aromatic nitrogens is 3. The van der Waals surface area contributed by atoms with E-state index >= 15 is 0 Å². The van der Waals surface area contributed by atoms with Crippen LogP contribution in [0.15, 0.2) is 91.3 Å². The van der Waals surface area contributed by atoms with E-state index in [-0.39, 0.29) is 0 Å². The molecule has 1 N–H and O–H groups in total. The van der Waals surface area contributed by atoms with Crippen molar-refractivity contribution in [2.75, 3.05) is 19.5 Å². The summed E-state index contributed by atoms with van der Waals surface area (Å²) in [5.41, 5.74) is 4.95. The molecule has 0 unspecified atom stereocenters. The molecule has 0 amide bonds. The fourth-order valence-electron chi connectivity index (χ4n) is 3.84. The topological polar surface area (TPSA) is 69.2 Å². The lowest BCUT2D eigenvalue weighted by Gasteiger charge is -2.13. The van der Waals surface area contributed by atoms with E-state index in [4.69, 9.17) is 19.4 Å². The number of benzene rings is 3. The molecule has 0 saturated heterocycles. The van der Waals surface area contributed by atoms with E-state index in [9.17, 15) is 0 Å². The smallest absolute Gasteiger partial charge is 0.163 e. The zero-order valence-electron chi connectivity index (χ0n) is 19.0. The van der Waals surface area contributed by atoms with E-state index in [1.165, 1.54) is 0 Å². The van der Waals surface area contributed by atoms with E-state index in [0.717, 1.165) is 50.5 Å². The van der Waals surface area contributed by atoms with Crippen LogP contribution in [0.25, 0.3) is 33.4 Å². The predicted octanol–water partition coefficient (Wildman–Crippen LogP) is 5.99. The van der Waals surface area contributed by atoms with Gasteiger partial charge in [-0.05, 0) is 65.2 Å². The molecule has 0 spiro atoms. The van der Waals surface area contributed by atoms with Gasteiger partial charge in [0.05, 0.1) is 19.7 Å². The molecule has 6 nitrogen and oxygen atoms in total. The number of nitrogens with zero attached hydrogens (tertiary/aromatic N) is 3. The Balaban J connectivity index is 1.59. The van der Waals surface area contributed by atoms with Crippen LogP contribution >= 0.6 is 0 Å². The third-order valence-corrected chi connectivity index (χ3v) is 5.61. The summed E-state index contributed by atoms with van der Waals surface area (Å²) < 4.78 is 10.8. The molecule has 3 aromatic carbocycles. The number of fused-ring (bicyclic) bond motifs is 1. The quantitative estimate of drug-likeness (QED) is 0.330. The highest BCUT2D eigenvalue weighted by Gasteiger charge is 2.12. The number of methoxy groups -OCH3 is 2. The Labute approximate surface area is 198 Å². The Bertz CT molecular complexity index is 1440. The highest BCUT2D eigenvalue weighted by atomic mass is 16.5. The molecule has 0 radical (unpaired) electrons. The maximum atomic E-state index is 5.41. The van der Waals surface area contributed by atoms with E-state index in [1.54, 1.807) is 26.6 Å². The van der Waals surface area contributed by atoms with Crippen LogP contribution in [-0.2, 0) is 6.54 Å². The lowest BCUT2D eigenvalue weighted by atomic mass is 10.0. The zero-order chi connectivity index (χ0) is 23.3. The van der Waals surface area contributed by atoms with Crippen molar-refractivity contribution >= 4 is 16.7 Å². The summed E-state index contributed by atoms with van der Waals surface area (Å²) in [5, 5.41) is 4.46. The number of anilines is 1. The van der Waals surface area contributed by atoms with Crippen molar-refractivity contribution in [3.8, 4) is 34.0 Å². The van der Waals surface area contributed by atoms with Gasteiger partial charge in [0.15, 0.2) is 5.82 Å². The average Bonchev–Trinajstić information content (AvgIpc) is 2.92. The Morgan fingerprint density at radius 1 is 0.735 bits per heavy atom. The van der Waals surface area contributed by atoms with Crippen molar-refractivity contribution in [1.29, 1.82) is 0 Å².